The van der Waals surface area contributed by atoms with E-state index in [2.05, 4.69) is 58.3 Å². The van der Waals surface area contributed by atoms with Crippen LogP contribution in [0.25, 0.3) is 10.9 Å². The smallest absolute Gasteiger partial charge is 0.0648 e. The van der Waals surface area contributed by atoms with Crippen molar-refractivity contribution in [1.29, 1.82) is 0 Å². The summed E-state index contributed by atoms with van der Waals surface area (Å²) in [5, 5.41) is 4.74. The van der Waals surface area contributed by atoms with E-state index in [1.165, 1.54) is 22.9 Å². The van der Waals surface area contributed by atoms with Crippen molar-refractivity contribution in [3.05, 3.63) is 66.1 Å². The van der Waals surface area contributed by atoms with Gasteiger partial charge < -0.3 is 9.88 Å². The SMILES string of the molecule is CCCNCc1ccc2c(ccn2Cc2ccccn2)c1. The fraction of sp³-hybridized carbons (Fsp3) is 0.278. The maximum Gasteiger partial charge on any atom is 0.0648 e. The van der Waals surface area contributed by atoms with Gasteiger partial charge in [-0.25, -0.2) is 0 Å². The molecule has 1 aromatic carbocycles. The summed E-state index contributed by atoms with van der Waals surface area (Å²) in [4.78, 5) is 4.40. The third kappa shape index (κ3) is 3.31. The first-order valence-corrected chi connectivity index (χ1v) is 7.55. The second-order valence-corrected chi connectivity index (χ2v) is 5.33. The van der Waals surface area contributed by atoms with Crippen molar-refractivity contribution >= 4 is 10.9 Å². The maximum atomic E-state index is 4.40. The Balaban J connectivity index is 1.79. The third-order valence-electron chi connectivity index (χ3n) is 3.65. The zero-order valence-electron chi connectivity index (χ0n) is 12.4. The van der Waals surface area contributed by atoms with Crippen LogP contribution in [0.2, 0.25) is 0 Å². The Labute approximate surface area is 125 Å². The molecule has 3 aromatic rings. The minimum atomic E-state index is 0.817. The summed E-state index contributed by atoms with van der Waals surface area (Å²) in [6.07, 6.45) is 5.16. The highest BCUT2D eigenvalue weighted by Crippen LogP contribution is 2.18. The van der Waals surface area contributed by atoms with Gasteiger partial charge in [-0.15, -0.1) is 0 Å². The van der Waals surface area contributed by atoms with Gasteiger partial charge in [-0.3, -0.25) is 4.98 Å². The highest BCUT2D eigenvalue weighted by atomic mass is 15.0. The molecule has 1 N–H and O–H groups in total. The standard InChI is InChI=1S/C18H21N3/c1-2-9-19-13-15-6-7-18-16(12-15)8-11-21(18)14-17-5-3-4-10-20-17/h3-8,10-12,19H,2,9,13-14H2,1H3. The summed E-state index contributed by atoms with van der Waals surface area (Å²) >= 11 is 0. The first-order chi connectivity index (χ1) is 10.4. The number of rotatable bonds is 6. The molecule has 0 aliphatic rings. The summed E-state index contributed by atoms with van der Waals surface area (Å²) < 4.78 is 2.25. The van der Waals surface area contributed by atoms with Crippen molar-refractivity contribution in [1.82, 2.24) is 14.9 Å². The first-order valence-electron chi connectivity index (χ1n) is 7.55. The van der Waals surface area contributed by atoms with E-state index in [1.54, 1.807) is 0 Å². The van der Waals surface area contributed by atoms with Crippen LogP contribution in [0.1, 0.15) is 24.6 Å². The molecule has 0 aliphatic carbocycles. The van der Waals surface area contributed by atoms with E-state index >= 15 is 0 Å². The third-order valence-corrected chi connectivity index (χ3v) is 3.65. The molecular formula is C18H21N3. The molecule has 0 fully saturated rings. The predicted molar refractivity (Wildman–Crippen MR) is 87.3 cm³/mol. The molecule has 0 atom stereocenters. The Kier molecular flexibility index (Phi) is 4.31. The lowest BCUT2D eigenvalue weighted by atomic mass is 10.1. The van der Waals surface area contributed by atoms with Gasteiger partial charge in [0.1, 0.15) is 0 Å². The molecule has 21 heavy (non-hydrogen) atoms. The highest BCUT2D eigenvalue weighted by molar-refractivity contribution is 5.81. The van der Waals surface area contributed by atoms with Gasteiger partial charge in [0.2, 0.25) is 0 Å². The van der Waals surface area contributed by atoms with Gasteiger partial charge in [-0.1, -0.05) is 19.1 Å². The lowest BCUT2D eigenvalue weighted by Crippen LogP contribution is -2.13. The Hall–Kier alpha value is -2.13. The van der Waals surface area contributed by atoms with E-state index in [0.717, 1.165) is 25.3 Å². The largest absolute Gasteiger partial charge is 0.341 e. The number of hydrogen-bond donors (Lipinski definition) is 1. The Bertz CT molecular complexity index is 701. The summed E-state index contributed by atoms with van der Waals surface area (Å²) in [6, 6.07) is 14.9. The van der Waals surface area contributed by atoms with Crippen molar-refractivity contribution in [2.24, 2.45) is 0 Å². The fourth-order valence-corrected chi connectivity index (χ4v) is 2.57. The average Bonchev–Trinajstić information content (AvgIpc) is 2.91. The summed E-state index contributed by atoms with van der Waals surface area (Å²) in [5.74, 6) is 0. The van der Waals surface area contributed by atoms with Crippen molar-refractivity contribution in [3.8, 4) is 0 Å². The number of hydrogen-bond acceptors (Lipinski definition) is 2. The molecule has 2 heterocycles. The van der Waals surface area contributed by atoms with E-state index in [9.17, 15) is 0 Å². The molecule has 3 heteroatoms. The van der Waals surface area contributed by atoms with E-state index in [0.29, 0.717) is 0 Å². The second-order valence-electron chi connectivity index (χ2n) is 5.33. The summed E-state index contributed by atoms with van der Waals surface area (Å²) in [5.41, 5.74) is 3.69. The summed E-state index contributed by atoms with van der Waals surface area (Å²) in [7, 11) is 0. The van der Waals surface area contributed by atoms with Crippen molar-refractivity contribution in [2.45, 2.75) is 26.4 Å². The van der Waals surface area contributed by atoms with Gasteiger partial charge in [0.05, 0.1) is 12.2 Å². The first kappa shape index (κ1) is 13.8. The van der Waals surface area contributed by atoms with Crippen LogP contribution in [0.15, 0.2) is 54.9 Å². The normalized spacial score (nSPS) is 11.1. The Morgan fingerprint density at radius 3 is 2.90 bits per heavy atom. The summed E-state index contributed by atoms with van der Waals surface area (Å²) in [6.45, 7) is 5.01. The molecule has 3 rings (SSSR count). The number of benzene rings is 1. The Morgan fingerprint density at radius 2 is 2.10 bits per heavy atom. The van der Waals surface area contributed by atoms with E-state index in [-0.39, 0.29) is 0 Å². The average molecular weight is 279 g/mol. The highest BCUT2D eigenvalue weighted by Gasteiger charge is 2.03. The number of fused-ring (bicyclic) bond motifs is 1. The van der Waals surface area contributed by atoms with Gasteiger partial charge in [-0.2, -0.15) is 0 Å². The predicted octanol–water partition coefficient (Wildman–Crippen LogP) is 3.58. The van der Waals surface area contributed by atoms with Crippen LogP contribution in [-0.4, -0.2) is 16.1 Å². The lowest BCUT2D eigenvalue weighted by molar-refractivity contribution is 0.676. The van der Waals surface area contributed by atoms with E-state index in [4.69, 9.17) is 0 Å². The molecule has 0 bridgehead atoms. The number of nitrogens with zero attached hydrogens (tertiary/aromatic N) is 2. The minimum absolute atomic E-state index is 0.817. The van der Waals surface area contributed by atoms with Crippen LogP contribution in [0, 0.1) is 0 Å². The fourth-order valence-electron chi connectivity index (χ4n) is 2.57. The van der Waals surface area contributed by atoms with Crippen LogP contribution >= 0.6 is 0 Å². The van der Waals surface area contributed by atoms with Gasteiger partial charge in [0.15, 0.2) is 0 Å². The van der Waals surface area contributed by atoms with Crippen LogP contribution in [0.3, 0.4) is 0 Å². The molecule has 0 saturated heterocycles. The monoisotopic (exact) mass is 279 g/mol. The van der Waals surface area contributed by atoms with Gasteiger partial charge in [-0.05, 0) is 54.2 Å². The molecule has 3 nitrogen and oxygen atoms in total. The molecule has 2 aromatic heterocycles. The van der Waals surface area contributed by atoms with Crippen molar-refractivity contribution in [3.63, 3.8) is 0 Å². The van der Waals surface area contributed by atoms with Gasteiger partial charge in [0, 0.05) is 24.5 Å². The van der Waals surface area contributed by atoms with E-state index < -0.39 is 0 Å². The van der Waals surface area contributed by atoms with Crippen LogP contribution in [0.5, 0.6) is 0 Å². The molecule has 0 aliphatic heterocycles. The quantitative estimate of drug-likeness (QED) is 0.699. The maximum absolute atomic E-state index is 4.40. The molecule has 0 unspecified atom stereocenters. The molecule has 0 saturated carbocycles. The molecule has 0 spiro atoms. The second kappa shape index (κ2) is 6.55. The van der Waals surface area contributed by atoms with Crippen molar-refractivity contribution in [2.75, 3.05) is 6.54 Å². The number of aromatic nitrogens is 2. The van der Waals surface area contributed by atoms with Crippen molar-refractivity contribution < 1.29 is 0 Å². The van der Waals surface area contributed by atoms with Crippen LogP contribution < -0.4 is 5.32 Å². The van der Waals surface area contributed by atoms with Crippen LogP contribution in [-0.2, 0) is 13.1 Å². The molecule has 0 amide bonds. The van der Waals surface area contributed by atoms with Gasteiger partial charge >= 0.3 is 0 Å². The molecular weight excluding hydrogens is 258 g/mol. The van der Waals surface area contributed by atoms with E-state index in [1.807, 2.05) is 18.3 Å². The molecule has 0 radical (unpaired) electrons. The zero-order chi connectivity index (χ0) is 14.5. The number of nitrogens with one attached hydrogen (secondary N) is 1. The zero-order valence-corrected chi connectivity index (χ0v) is 12.4. The van der Waals surface area contributed by atoms with Crippen LogP contribution in [0.4, 0.5) is 0 Å². The number of pyridine rings is 1. The topological polar surface area (TPSA) is 29.9 Å². The molecule has 108 valence electrons. The van der Waals surface area contributed by atoms with Gasteiger partial charge in [0.25, 0.3) is 0 Å². The minimum Gasteiger partial charge on any atom is -0.341 e. The Morgan fingerprint density at radius 1 is 1.14 bits per heavy atom. The lowest BCUT2D eigenvalue weighted by Gasteiger charge is -2.07.